The Hall–Kier alpha value is -1.58. The molecule has 4 heteroatoms. The van der Waals surface area contributed by atoms with Crippen LogP contribution in [-0.4, -0.2) is 6.04 Å². The van der Waals surface area contributed by atoms with Crippen molar-refractivity contribution in [1.29, 1.82) is 0 Å². The summed E-state index contributed by atoms with van der Waals surface area (Å²) in [7, 11) is 0. The predicted molar refractivity (Wildman–Crippen MR) is 77.8 cm³/mol. The molecule has 104 valence electrons. The highest BCUT2D eigenvalue weighted by molar-refractivity contribution is 6.32. The van der Waals surface area contributed by atoms with Crippen LogP contribution in [0.25, 0.3) is 0 Å². The first-order chi connectivity index (χ1) is 9.72. The van der Waals surface area contributed by atoms with E-state index >= 15 is 0 Å². The first-order valence-electron chi connectivity index (χ1n) is 6.66. The van der Waals surface area contributed by atoms with E-state index in [9.17, 15) is 4.39 Å². The van der Waals surface area contributed by atoms with E-state index in [1.54, 1.807) is 18.2 Å². The zero-order chi connectivity index (χ0) is 13.9. The normalized spacial score (nSPS) is 14.3. The van der Waals surface area contributed by atoms with Gasteiger partial charge in [0, 0.05) is 24.2 Å². The van der Waals surface area contributed by atoms with Gasteiger partial charge < -0.3 is 10.1 Å². The smallest absolute Gasteiger partial charge is 0.150 e. The summed E-state index contributed by atoms with van der Waals surface area (Å²) < 4.78 is 19.0. The standard InChI is InChI=1S/C16H15ClFNO/c17-15-6-1-3-11(10-19-13-7-8-13)16(15)20-14-5-2-4-12(18)9-14/h1-6,9,13,19H,7-8,10H2. The van der Waals surface area contributed by atoms with Crippen molar-refractivity contribution in [2.75, 3.05) is 0 Å². The Morgan fingerprint density at radius 2 is 2.00 bits per heavy atom. The van der Waals surface area contributed by atoms with E-state index in [0.717, 1.165) is 5.56 Å². The molecule has 0 aliphatic heterocycles. The Kier molecular flexibility index (Phi) is 3.90. The Morgan fingerprint density at radius 1 is 1.20 bits per heavy atom. The number of rotatable bonds is 5. The minimum atomic E-state index is -0.327. The topological polar surface area (TPSA) is 21.3 Å². The molecule has 1 aliphatic rings. The fourth-order valence-electron chi connectivity index (χ4n) is 2.00. The zero-order valence-corrected chi connectivity index (χ0v) is 11.7. The first kappa shape index (κ1) is 13.4. The van der Waals surface area contributed by atoms with E-state index in [4.69, 9.17) is 16.3 Å². The van der Waals surface area contributed by atoms with Gasteiger partial charge in [-0.15, -0.1) is 0 Å². The largest absolute Gasteiger partial charge is 0.455 e. The molecule has 2 nitrogen and oxygen atoms in total. The maximum absolute atomic E-state index is 13.2. The minimum Gasteiger partial charge on any atom is -0.455 e. The Labute approximate surface area is 122 Å². The van der Waals surface area contributed by atoms with Crippen molar-refractivity contribution < 1.29 is 9.13 Å². The van der Waals surface area contributed by atoms with E-state index in [-0.39, 0.29) is 5.82 Å². The second-order valence-corrected chi connectivity index (χ2v) is 5.35. The molecule has 1 aliphatic carbocycles. The van der Waals surface area contributed by atoms with Crippen LogP contribution in [0.5, 0.6) is 11.5 Å². The summed E-state index contributed by atoms with van der Waals surface area (Å²) in [5, 5.41) is 3.96. The molecule has 2 aromatic carbocycles. The molecular weight excluding hydrogens is 277 g/mol. The monoisotopic (exact) mass is 291 g/mol. The molecule has 0 heterocycles. The van der Waals surface area contributed by atoms with E-state index in [2.05, 4.69) is 5.32 Å². The molecule has 0 spiro atoms. The summed E-state index contributed by atoms with van der Waals surface area (Å²) in [6.45, 7) is 0.704. The van der Waals surface area contributed by atoms with Crippen LogP contribution in [-0.2, 0) is 6.54 Å². The van der Waals surface area contributed by atoms with Gasteiger partial charge in [0.1, 0.15) is 17.3 Å². The molecule has 0 unspecified atom stereocenters. The van der Waals surface area contributed by atoms with E-state index < -0.39 is 0 Å². The van der Waals surface area contributed by atoms with Crippen LogP contribution in [0.3, 0.4) is 0 Å². The molecule has 1 fully saturated rings. The fourth-order valence-corrected chi connectivity index (χ4v) is 2.23. The van der Waals surface area contributed by atoms with Crippen molar-refractivity contribution in [3.8, 4) is 11.5 Å². The molecule has 3 rings (SSSR count). The second-order valence-electron chi connectivity index (χ2n) is 4.94. The molecule has 2 aromatic rings. The first-order valence-corrected chi connectivity index (χ1v) is 7.04. The van der Waals surface area contributed by atoms with Crippen LogP contribution >= 0.6 is 11.6 Å². The van der Waals surface area contributed by atoms with Crippen LogP contribution in [0, 0.1) is 5.82 Å². The minimum absolute atomic E-state index is 0.327. The lowest BCUT2D eigenvalue weighted by Gasteiger charge is -2.13. The highest BCUT2D eigenvalue weighted by Crippen LogP contribution is 2.33. The third-order valence-electron chi connectivity index (χ3n) is 3.22. The summed E-state index contributed by atoms with van der Waals surface area (Å²) >= 11 is 6.20. The summed E-state index contributed by atoms with van der Waals surface area (Å²) in [6.07, 6.45) is 2.45. The van der Waals surface area contributed by atoms with Gasteiger partial charge in [-0.05, 0) is 31.0 Å². The number of benzene rings is 2. The van der Waals surface area contributed by atoms with Crippen molar-refractivity contribution in [3.63, 3.8) is 0 Å². The maximum Gasteiger partial charge on any atom is 0.150 e. The van der Waals surface area contributed by atoms with Crippen molar-refractivity contribution in [2.24, 2.45) is 0 Å². The van der Waals surface area contributed by atoms with Crippen molar-refractivity contribution in [1.82, 2.24) is 5.32 Å². The van der Waals surface area contributed by atoms with Gasteiger partial charge in [0.2, 0.25) is 0 Å². The zero-order valence-electron chi connectivity index (χ0n) is 10.9. The lowest BCUT2D eigenvalue weighted by Crippen LogP contribution is -2.15. The molecule has 1 N–H and O–H groups in total. The fraction of sp³-hybridized carbons (Fsp3) is 0.250. The molecule has 0 radical (unpaired) electrons. The molecule has 0 atom stereocenters. The summed E-state index contributed by atoms with van der Waals surface area (Å²) in [5.41, 5.74) is 0.980. The van der Waals surface area contributed by atoms with Gasteiger partial charge in [-0.1, -0.05) is 29.8 Å². The van der Waals surface area contributed by atoms with E-state index in [1.807, 2.05) is 12.1 Å². The van der Waals surface area contributed by atoms with Gasteiger partial charge in [0.05, 0.1) is 5.02 Å². The van der Waals surface area contributed by atoms with Gasteiger partial charge in [-0.2, -0.15) is 0 Å². The lowest BCUT2D eigenvalue weighted by molar-refractivity contribution is 0.467. The summed E-state index contributed by atoms with van der Waals surface area (Å²) in [5.74, 6) is 0.714. The highest BCUT2D eigenvalue weighted by Gasteiger charge is 2.21. The average molecular weight is 292 g/mol. The number of hydrogen-bond acceptors (Lipinski definition) is 2. The highest BCUT2D eigenvalue weighted by atomic mass is 35.5. The molecular formula is C16H15ClFNO. The summed E-state index contributed by atoms with van der Waals surface area (Å²) in [6, 6.07) is 12.3. The third kappa shape index (κ3) is 3.30. The maximum atomic E-state index is 13.2. The average Bonchev–Trinajstić information content (AvgIpc) is 3.24. The second kappa shape index (κ2) is 5.81. The van der Waals surface area contributed by atoms with Gasteiger partial charge >= 0.3 is 0 Å². The number of para-hydroxylation sites is 1. The predicted octanol–water partition coefficient (Wildman–Crippen LogP) is 4.52. The number of ether oxygens (including phenoxy) is 1. The SMILES string of the molecule is Fc1cccc(Oc2c(Cl)cccc2CNC2CC2)c1. The molecule has 20 heavy (non-hydrogen) atoms. The molecule has 0 saturated heterocycles. The van der Waals surface area contributed by atoms with Gasteiger partial charge in [-0.3, -0.25) is 0 Å². The van der Waals surface area contributed by atoms with Crippen molar-refractivity contribution in [2.45, 2.75) is 25.4 Å². The number of nitrogens with one attached hydrogen (secondary N) is 1. The van der Waals surface area contributed by atoms with Gasteiger partial charge in [0.25, 0.3) is 0 Å². The number of halogens is 2. The van der Waals surface area contributed by atoms with Crippen molar-refractivity contribution >= 4 is 11.6 Å². The Morgan fingerprint density at radius 3 is 2.75 bits per heavy atom. The Bertz CT molecular complexity index is 613. The van der Waals surface area contributed by atoms with Crippen LogP contribution in [0.15, 0.2) is 42.5 Å². The quantitative estimate of drug-likeness (QED) is 0.874. The van der Waals surface area contributed by atoms with Crippen LogP contribution in [0.2, 0.25) is 5.02 Å². The molecule has 0 aromatic heterocycles. The van der Waals surface area contributed by atoms with E-state index in [1.165, 1.54) is 25.0 Å². The molecule has 1 saturated carbocycles. The summed E-state index contributed by atoms with van der Waals surface area (Å²) in [4.78, 5) is 0. The molecule has 0 bridgehead atoms. The third-order valence-corrected chi connectivity index (χ3v) is 3.52. The van der Waals surface area contributed by atoms with Crippen LogP contribution in [0.4, 0.5) is 4.39 Å². The van der Waals surface area contributed by atoms with E-state index in [0.29, 0.717) is 29.1 Å². The van der Waals surface area contributed by atoms with Gasteiger partial charge in [-0.25, -0.2) is 4.39 Å². The van der Waals surface area contributed by atoms with Gasteiger partial charge in [0.15, 0.2) is 0 Å². The number of hydrogen-bond donors (Lipinski definition) is 1. The molecule has 0 amide bonds. The lowest BCUT2D eigenvalue weighted by atomic mass is 10.2. The van der Waals surface area contributed by atoms with Crippen LogP contribution in [0.1, 0.15) is 18.4 Å². The van der Waals surface area contributed by atoms with Crippen molar-refractivity contribution in [3.05, 3.63) is 58.9 Å². The van der Waals surface area contributed by atoms with Crippen LogP contribution < -0.4 is 10.1 Å². The Balaban J connectivity index is 1.82.